The second-order valence-electron chi connectivity index (χ2n) is 9.50. The maximum Gasteiger partial charge on any atom is 0.534 e. The van der Waals surface area contributed by atoms with Crippen molar-refractivity contribution in [3.05, 3.63) is 0 Å². The fraction of sp³-hybridized carbons (Fsp3) is 0.958. The summed E-state index contributed by atoms with van der Waals surface area (Å²) in [6.45, 7) is 6.34. The second kappa shape index (κ2) is 26.5. The molecule has 5 atom stereocenters. The molecule has 3 heterocycles. The summed E-state index contributed by atoms with van der Waals surface area (Å²) in [5.74, 6) is 2.43. The number of halogens is 6. The van der Waals surface area contributed by atoms with Gasteiger partial charge in [-0.2, -0.15) is 14.1 Å². The Kier molecular flexibility index (Phi) is 27.5. The second-order valence-corrected chi connectivity index (χ2v) is 18.2. The van der Waals surface area contributed by atoms with Gasteiger partial charge in [0, 0.05) is 88.1 Å². The van der Waals surface area contributed by atoms with Gasteiger partial charge in [0.1, 0.15) is 12.4 Å². The first kappa shape index (κ1) is 47.7. The standard InChI is InChI=1S/C8H17Cl2N2O3P.C8H17Cl2N2O2P.C7H14Cl2N2O2P.CH4/c1-14-8-2-7-15-16(13,11-5-3-9)12(8)6-4-10;1-8-2-7-14-15(13,11-5-3-9)12(8)6-4-10;8-2-4-10-14(12)11(6-3-9)5-1-7-13-14;/h8H,2-7H2,1H3,(H,11,13);8H,2-7H2,1H3,(H,11,13);5H,1-4,6-7H2,(H,10,12);1H4/q;;+1;. The van der Waals surface area contributed by atoms with Gasteiger partial charge in [0.05, 0.1) is 25.7 Å². The third-order valence-electron chi connectivity index (χ3n) is 6.44. The zero-order valence-corrected chi connectivity index (χ0v) is 33.0. The number of hydrogen-bond donors (Lipinski definition) is 3. The smallest absolute Gasteiger partial charge is 0.366 e. The number of ether oxygens (including phenoxy) is 1. The first-order chi connectivity index (χ1) is 21.5. The third kappa shape index (κ3) is 16.0. The van der Waals surface area contributed by atoms with Crippen molar-refractivity contribution in [2.24, 2.45) is 0 Å². The molecule has 3 rings (SSSR count). The highest BCUT2D eigenvalue weighted by Gasteiger charge is 2.41. The molecule has 0 saturated carbocycles. The Morgan fingerprint density at radius 1 is 0.761 bits per heavy atom. The largest absolute Gasteiger partial charge is 0.534 e. The quantitative estimate of drug-likeness (QED) is 0.117. The molecule has 0 aromatic heterocycles. The molecule has 0 aromatic carbocycles. The zero-order valence-electron chi connectivity index (χ0n) is 25.8. The van der Waals surface area contributed by atoms with Crippen LogP contribution in [0.3, 0.4) is 0 Å². The summed E-state index contributed by atoms with van der Waals surface area (Å²) >= 11 is 33.6. The Balaban J connectivity index is 0.000000655. The minimum absolute atomic E-state index is 0. The van der Waals surface area contributed by atoms with Crippen molar-refractivity contribution in [3.63, 3.8) is 0 Å². The molecular weight excluding hydrogens is 790 g/mol. The van der Waals surface area contributed by atoms with Crippen LogP contribution in [0.25, 0.3) is 0 Å². The van der Waals surface area contributed by atoms with Gasteiger partial charge in [0.2, 0.25) is 0 Å². The van der Waals surface area contributed by atoms with E-state index in [0.29, 0.717) is 101 Å². The monoisotopic (exact) mass is 839 g/mol. The molecule has 46 heavy (non-hydrogen) atoms. The lowest BCUT2D eigenvalue weighted by atomic mass is 10.2. The molecule has 0 radical (unpaired) electrons. The summed E-state index contributed by atoms with van der Waals surface area (Å²) in [6.07, 6.45) is 3.97. The van der Waals surface area contributed by atoms with E-state index >= 15 is 0 Å². The number of methoxy groups -OCH3 is 1. The Labute approximate surface area is 305 Å². The van der Waals surface area contributed by atoms with Gasteiger partial charge < -0.3 is 13.8 Å². The average molecular weight is 842 g/mol. The van der Waals surface area contributed by atoms with Gasteiger partial charge in [-0.3, -0.25) is 13.7 Å². The third-order valence-corrected chi connectivity index (χ3v) is 14.4. The normalized spacial score (nSPS) is 30.2. The molecule has 2 fully saturated rings. The molecule has 3 N–H and O–H groups in total. The van der Waals surface area contributed by atoms with Crippen molar-refractivity contribution in [2.75, 3.05) is 101 Å². The molecule has 0 spiro atoms. The van der Waals surface area contributed by atoms with Crippen LogP contribution in [0.4, 0.5) is 0 Å². The fourth-order valence-corrected chi connectivity index (χ4v) is 12.1. The van der Waals surface area contributed by atoms with Crippen LogP contribution < -0.4 is 15.3 Å². The SMILES string of the molecule is C.CC1CCOP(=O)(NCCCl)N1CCCl.COC1CCOP(=O)(NCCCl)N1CCCl.O=P1(NCCCl)OCCC=[N+]1CCCl. The predicted octanol–water partition coefficient (Wildman–Crippen LogP) is 6.43. The Morgan fingerprint density at radius 2 is 1.28 bits per heavy atom. The van der Waals surface area contributed by atoms with Crippen molar-refractivity contribution in [1.29, 1.82) is 0 Å². The van der Waals surface area contributed by atoms with E-state index in [9.17, 15) is 13.7 Å². The summed E-state index contributed by atoms with van der Waals surface area (Å²) in [5, 5.41) is 8.54. The zero-order chi connectivity index (χ0) is 33.8. The highest BCUT2D eigenvalue weighted by Crippen LogP contribution is 2.52. The molecule has 0 aromatic rings. The maximum absolute atomic E-state index is 12.5. The number of nitrogens with one attached hydrogen (secondary N) is 3. The minimum atomic E-state index is -3.04. The first-order valence-electron chi connectivity index (χ1n) is 14.6. The molecule has 0 amide bonds. The van der Waals surface area contributed by atoms with Crippen LogP contribution in [0.1, 0.15) is 33.6 Å². The molecule has 0 bridgehead atoms. The van der Waals surface area contributed by atoms with Crippen molar-refractivity contribution >= 4 is 98.8 Å². The van der Waals surface area contributed by atoms with Gasteiger partial charge in [0.15, 0.2) is 6.54 Å². The Morgan fingerprint density at radius 3 is 1.80 bits per heavy atom. The summed E-state index contributed by atoms with van der Waals surface area (Å²) in [4.78, 5) is 0. The molecule has 5 unspecified atom stereocenters. The van der Waals surface area contributed by atoms with E-state index in [0.717, 1.165) is 12.8 Å². The van der Waals surface area contributed by atoms with Crippen molar-refractivity contribution in [1.82, 2.24) is 24.6 Å². The highest BCUT2D eigenvalue weighted by atomic mass is 35.5. The Bertz CT molecular complexity index is 999. The molecule has 2 saturated heterocycles. The Hall–Kier alpha value is 1.74. The average Bonchev–Trinajstić information content (AvgIpc) is 3.03. The number of nitrogens with zero attached hydrogens (tertiary/aromatic N) is 3. The topological polar surface area (TPSA) is 134 Å². The van der Waals surface area contributed by atoms with Gasteiger partial charge in [-0.1, -0.05) is 7.43 Å². The molecule has 3 aliphatic heterocycles. The molecule has 0 aliphatic carbocycles. The summed E-state index contributed by atoms with van der Waals surface area (Å²) in [5.41, 5.74) is 0. The van der Waals surface area contributed by atoms with Gasteiger partial charge in [-0.05, 0) is 13.3 Å². The van der Waals surface area contributed by atoms with E-state index in [4.69, 9.17) is 87.9 Å². The van der Waals surface area contributed by atoms with Crippen LogP contribution in [-0.4, -0.2) is 134 Å². The first-order valence-corrected chi connectivity index (χ1v) is 22.5. The van der Waals surface area contributed by atoms with Gasteiger partial charge in [-0.25, -0.2) is 19.4 Å². The summed E-state index contributed by atoms with van der Waals surface area (Å²) < 4.78 is 63.4. The van der Waals surface area contributed by atoms with E-state index in [1.165, 1.54) is 0 Å². The lowest BCUT2D eigenvalue weighted by molar-refractivity contribution is -0.384. The lowest BCUT2D eigenvalue weighted by Crippen LogP contribution is -2.44. The van der Waals surface area contributed by atoms with Crippen molar-refractivity contribution < 1.29 is 36.3 Å². The molecule has 22 heteroatoms. The minimum Gasteiger partial charge on any atom is -0.366 e. The van der Waals surface area contributed by atoms with E-state index in [2.05, 4.69) is 15.3 Å². The van der Waals surface area contributed by atoms with Gasteiger partial charge in [-0.15, -0.1) is 69.6 Å². The van der Waals surface area contributed by atoms with Crippen LogP contribution in [0.15, 0.2) is 0 Å². The molecular formula is C24H52Cl6N6O7P3+. The number of hydrogen-bond acceptors (Lipinski definition) is 7. The van der Waals surface area contributed by atoms with Crippen LogP contribution in [0.2, 0.25) is 0 Å². The van der Waals surface area contributed by atoms with Crippen LogP contribution in [-0.2, 0) is 32.0 Å². The molecule has 3 aliphatic rings. The van der Waals surface area contributed by atoms with Crippen LogP contribution >= 0.6 is 92.6 Å². The number of rotatable bonds is 16. The lowest BCUT2D eigenvalue weighted by Gasteiger charge is -2.39. The van der Waals surface area contributed by atoms with Crippen LogP contribution in [0.5, 0.6) is 0 Å². The van der Waals surface area contributed by atoms with E-state index < -0.39 is 23.0 Å². The fourth-order valence-electron chi connectivity index (χ4n) is 4.37. The maximum atomic E-state index is 12.5. The van der Waals surface area contributed by atoms with Crippen molar-refractivity contribution in [2.45, 2.75) is 45.9 Å². The van der Waals surface area contributed by atoms with E-state index in [1.807, 2.05) is 17.8 Å². The number of alkyl halides is 6. The molecule has 13 nitrogen and oxygen atoms in total. The highest BCUT2D eigenvalue weighted by molar-refractivity contribution is 7.54. The summed E-state index contributed by atoms with van der Waals surface area (Å²) in [7, 11) is -7.25. The molecule has 276 valence electrons. The summed E-state index contributed by atoms with van der Waals surface area (Å²) in [6, 6.07) is 0.228. The van der Waals surface area contributed by atoms with Gasteiger partial charge in [0.25, 0.3) is 0 Å². The van der Waals surface area contributed by atoms with E-state index in [-0.39, 0.29) is 19.7 Å². The van der Waals surface area contributed by atoms with Crippen LogP contribution in [0, 0.1) is 0 Å². The van der Waals surface area contributed by atoms with E-state index in [1.54, 1.807) is 16.1 Å². The van der Waals surface area contributed by atoms with Crippen molar-refractivity contribution in [3.8, 4) is 0 Å². The van der Waals surface area contributed by atoms with Gasteiger partial charge >= 0.3 is 23.0 Å². The predicted molar refractivity (Wildman–Crippen MR) is 194 cm³/mol.